The fourth-order valence-corrected chi connectivity index (χ4v) is 3.83. The number of fused-ring (bicyclic) bond motifs is 1. The van der Waals surface area contributed by atoms with Crippen LogP contribution in [0.2, 0.25) is 0 Å². The number of likely N-dealkylation sites (N-methyl/N-ethyl adjacent to an activating group) is 1. The van der Waals surface area contributed by atoms with E-state index >= 15 is 0 Å². The van der Waals surface area contributed by atoms with E-state index in [9.17, 15) is 9.59 Å². The van der Waals surface area contributed by atoms with Crippen LogP contribution >= 0.6 is 0 Å². The first-order valence-corrected chi connectivity index (χ1v) is 10.0. The molecule has 1 saturated heterocycles. The third-order valence-electron chi connectivity index (χ3n) is 5.95. The number of piperazine rings is 1. The quantitative estimate of drug-likeness (QED) is 0.657. The summed E-state index contributed by atoms with van der Waals surface area (Å²) >= 11 is 0. The summed E-state index contributed by atoms with van der Waals surface area (Å²) in [6, 6.07) is 5.24. The Labute approximate surface area is 175 Å². The van der Waals surface area contributed by atoms with Gasteiger partial charge in [0.1, 0.15) is 11.9 Å². The number of hydrogen-bond acceptors (Lipinski definition) is 5. The van der Waals surface area contributed by atoms with Crippen LogP contribution in [0.15, 0.2) is 30.6 Å². The number of hydrogen-bond donors (Lipinski definition) is 0. The molecule has 2 amide bonds. The fraction of sp³-hybridized carbons (Fsp3) is 0.348. The number of pyridine rings is 1. The predicted molar refractivity (Wildman–Crippen MR) is 115 cm³/mol. The minimum Gasteiger partial charge on any atom is -0.342 e. The molecule has 1 aliphatic heterocycles. The van der Waals surface area contributed by atoms with Gasteiger partial charge >= 0.3 is 0 Å². The zero-order chi connectivity index (χ0) is 21.6. The first-order valence-electron chi connectivity index (χ1n) is 10.0. The molecule has 1 unspecified atom stereocenters. The van der Waals surface area contributed by atoms with Crippen molar-refractivity contribution in [2.24, 2.45) is 0 Å². The van der Waals surface area contributed by atoms with Crippen LogP contribution in [0.25, 0.3) is 22.2 Å². The van der Waals surface area contributed by atoms with E-state index in [1.165, 1.54) is 0 Å². The van der Waals surface area contributed by atoms with Gasteiger partial charge in [-0.3, -0.25) is 9.59 Å². The number of rotatable bonds is 2. The average Bonchev–Trinajstić information content (AvgIpc) is 2.74. The standard InChI is InChI=1S/C23H25N5O2/c1-13-6-7-18-19(23(30)28-9-8-27(5)22(29)15(28)3)10-20(26-21(18)14(13)2)17-11-24-16(4)25-12-17/h6-7,10-12,15H,8-9H2,1-5H3. The molecule has 30 heavy (non-hydrogen) atoms. The number of aryl methyl sites for hydroxylation is 3. The monoisotopic (exact) mass is 403 g/mol. The van der Waals surface area contributed by atoms with Gasteiger partial charge in [0.25, 0.3) is 5.91 Å². The maximum Gasteiger partial charge on any atom is 0.255 e. The second-order valence-corrected chi connectivity index (χ2v) is 7.91. The van der Waals surface area contributed by atoms with E-state index in [0.717, 1.165) is 27.6 Å². The molecule has 4 rings (SSSR count). The van der Waals surface area contributed by atoms with Crippen LogP contribution < -0.4 is 0 Å². The lowest BCUT2D eigenvalue weighted by Crippen LogP contribution is -2.56. The molecule has 0 saturated carbocycles. The number of carbonyl (C=O) groups is 2. The summed E-state index contributed by atoms with van der Waals surface area (Å²) in [7, 11) is 1.77. The Morgan fingerprint density at radius 3 is 2.50 bits per heavy atom. The highest BCUT2D eigenvalue weighted by atomic mass is 16.2. The highest BCUT2D eigenvalue weighted by molar-refractivity contribution is 6.09. The molecule has 1 fully saturated rings. The summed E-state index contributed by atoms with van der Waals surface area (Å²) < 4.78 is 0. The largest absolute Gasteiger partial charge is 0.342 e. The van der Waals surface area contributed by atoms with Crippen molar-refractivity contribution in [3.8, 4) is 11.3 Å². The van der Waals surface area contributed by atoms with Gasteiger partial charge in [-0.2, -0.15) is 0 Å². The zero-order valence-corrected chi connectivity index (χ0v) is 17.9. The van der Waals surface area contributed by atoms with Gasteiger partial charge in [-0.15, -0.1) is 0 Å². The van der Waals surface area contributed by atoms with Crippen molar-refractivity contribution in [3.63, 3.8) is 0 Å². The molecule has 3 aromatic rings. The summed E-state index contributed by atoms with van der Waals surface area (Å²) in [5, 5.41) is 0.790. The van der Waals surface area contributed by atoms with Crippen LogP contribution in [-0.2, 0) is 4.79 Å². The summed E-state index contributed by atoms with van der Waals surface area (Å²) in [6.45, 7) is 8.67. The number of nitrogens with zero attached hydrogens (tertiary/aromatic N) is 5. The molecule has 7 heteroatoms. The first kappa shape index (κ1) is 19.9. The molecule has 0 N–H and O–H groups in total. The molecule has 0 radical (unpaired) electrons. The van der Waals surface area contributed by atoms with Crippen molar-refractivity contribution in [1.29, 1.82) is 0 Å². The highest BCUT2D eigenvalue weighted by Gasteiger charge is 2.34. The minimum absolute atomic E-state index is 0.0489. The highest BCUT2D eigenvalue weighted by Crippen LogP contribution is 2.29. The predicted octanol–water partition coefficient (Wildman–Crippen LogP) is 2.92. The molecule has 2 aromatic heterocycles. The van der Waals surface area contributed by atoms with Crippen LogP contribution in [0.5, 0.6) is 0 Å². The molecule has 0 bridgehead atoms. The Bertz CT molecular complexity index is 1160. The van der Waals surface area contributed by atoms with Crippen LogP contribution in [0.4, 0.5) is 0 Å². The normalized spacial score (nSPS) is 17.0. The molecule has 7 nitrogen and oxygen atoms in total. The Morgan fingerprint density at radius 2 is 1.80 bits per heavy atom. The Morgan fingerprint density at radius 1 is 1.10 bits per heavy atom. The molecule has 0 spiro atoms. The van der Waals surface area contributed by atoms with Crippen molar-refractivity contribution in [1.82, 2.24) is 24.8 Å². The van der Waals surface area contributed by atoms with Gasteiger partial charge in [-0.05, 0) is 44.9 Å². The van der Waals surface area contributed by atoms with E-state index in [2.05, 4.69) is 9.97 Å². The van der Waals surface area contributed by atoms with Crippen LogP contribution in [0.1, 0.15) is 34.2 Å². The smallest absolute Gasteiger partial charge is 0.255 e. The summed E-state index contributed by atoms with van der Waals surface area (Å²) in [6.07, 6.45) is 3.44. The van der Waals surface area contributed by atoms with E-state index in [1.807, 2.05) is 32.9 Å². The molecule has 1 atom stereocenters. The van der Waals surface area contributed by atoms with E-state index in [1.54, 1.807) is 42.2 Å². The second kappa shape index (κ2) is 7.48. The maximum absolute atomic E-state index is 13.6. The van der Waals surface area contributed by atoms with Gasteiger partial charge in [0.15, 0.2) is 0 Å². The second-order valence-electron chi connectivity index (χ2n) is 7.91. The van der Waals surface area contributed by atoms with Crippen molar-refractivity contribution < 1.29 is 9.59 Å². The summed E-state index contributed by atoms with van der Waals surface area (Å²) in [4.78, 5) is 42.8. The van der Waals surface area contributed by atoms with Crippen LogP contribution in [-0.4, -0.2) is 62.7 Å². The molecular formula is C23H25N5O2. The van der Waals surface area contributed by atoms with E-state index < -0.39 is 6.04 Å². The summed E-state index contributed by atoms with van der Waals surface area (Å²) in [5.74, 6) is 0.466. The van der Waals surface area contributed by atoms with Crippen molar-refractivity contribution >= 4 is 22.7 Å². The molecular weight excluding hydrogens is 378 g/mol. The number of amides is 2. The third-order valence-corrected chi connectivity index (χ3v) is 5.95. The topological polar surface area (TPSA) is 79.3 Å². The van der Waals surface area contributed by atoms with E-state index in [0.29, 0.717) is 30.2 Å². The minimum atomic E-state index is -0.503. The zero-order valence-electron chi connectivity index (χ0n) is 17.9. The maximum atomic E-state index is 13.6. The molecule has 1 aliphatic rings. The van der Waals surface area contributed by atoms with Crippen LogP contribution in [0, 0.1) is 20.8 Å². The van der Waals surface area contributed by atoms with Crippen LogP contribution in [0.3, 0.4) is 0 Å². The van der Waals surface area contributed by atoms with E-state index in [4.69, 9.17) is 4.98 Å². The van der Waals surface area contributed by atoms with Gasteiger partial charge in [0.05, 0.1) is 16.8 Å². The summed E-state index contributed by atoms with van der Waals surface area (Å²) in [5.41, 5.74) is 4.85. The fourth-order valence-electron chi connectivity index (χ4n) is 3.83. The Hall–Kier alpha value is -3.35. The van der Waals surface area contributed by atoms with Gasteiger partial charge < -0.3 is 9.80 Å². The van der Waals surface area contributed by atoms with Gasteiger partial charge in [-0.1, -0.05) is 12.1 Å². The molecule has 154 valence electrons. The van der Waals surface area contributed by atoms with Gasteiger partial charge in [-0.25, -0.2) is 15.0 Å². The Balaban J connectivity index is 1.89. The third kappa shape index (κ3) is 3.30. The first-order chi connectivity index (χ1) is 14.3. The van der Waals surface area contributed by atoms with Crippen molar-refractivity contribution in [2.75, 3.05) is 20.1 Å². The average molecular weight is 403 g/mol. The van der Waals surface area contributed by atoms with Gasteiger partial charge in [0.2, 0.25) is 5.91 Å². The molecule has 3 heterocycles. The lowest BCUT2D eigenvalue weighted by atomic mass is 9.98. The lowest BCUT2D eigenvalue weighted by molar-refractivity contribution is -0.137. The van der Waals surface area contributed by atoms with Crippen molar-refractivity contribution in [2.45, 2.75) is 33.7 Å². The molecule has 0 aliphatic carbocycles. The number of carbonyl (C=O) groups excluding carboxylic acids is 2. The number of aromatic nitrogens is 3. The Kier molecular flexibility index (Phi) is 4.97. The van der Waals surface area contributed by atoms with Crippen molar-refractivity contribution in [3.05, 3.63) is 53.1 Å². The van der Waals surface area contributed by atoms with E-state index in [-0.39, 0.29) is 11.8 Å². The SMILES string of the molecule is Cc1ncc(-c2cc(C(=O)N3CCN(C)C(=O)C3C)c3ccc(C)c(C)c3n2)cn1. The molecule has 1 aromatic carbocycles. The number of benzene rings is 1. The van der Waals surface area contributed by atoms with Gasteiger partial charge in [0, 0.05) is 43.5 Å². The lowest BCUT2D eigenvalue weighted by Gasteiger charge is -2.37.